The van der Waals surface area contributed by atoms with E-state index in [4.69, 9.17) is 4.99 Å². The van der Waals surface area contributed by atoms with Crippen LogP contribution in [0.2, 0.25) is 0 Å². The molecule has 1 aliphatic rings. The summed E-state index contributed by atoms with van der Waals surface area (Å²) in [5.74, 6) is 1.73. The molecular weight excluding hydrogens is 489 g/mol. The summed E-state index contributed by atoms with van der Waals surface area (Å²) in [6, 6.07) is 7.78. The average Bonchev–Trinajstić information content (AvgIpc) is 2.74. The molecule has 0 saturated carbocycles. The number of amides is 1. The van der Waals surface area contributed by atoms with Gasteiger partial charge < -0.3 is 20.9 Å². The van der Waals surface area contributed by atoms with E-state index in [-0.39, 0.29) is 29.9 Å². The van der Waals surface area contributed by atoms with E-state index in [2.05, 4.69) is 40.8 Å². The van der Waals surface area contributed by atoms with E-state index in [0.717, 1.165) is 49.9 Å². The molecule has 1 fully saturated rings. The number of unbranched alkanes of at least 4 members (excludes halogenated alkanes) is 1. The number of benzene rings is 1. The molecule has 1 heterocycles. The van der Waals surface area contributed by atoms with Crippen LogP contribution < -0.4 is 16.0 Å². The number of nitrogens with one attached hydrogen (secondary N) is 3. The van der Waals surface area contributed by atoms with Gasteiger partial charge in [-0.1, -0.05) is 19.1 Å². The second kappa shape index (κ2) is 15.5. The summed E-state index contributed by atoms with van der Waals surface area (Å²) in [5.41, 5.74) is 1.85. The second-order valence-electron chi connectivity index (χ2n) is 7.95. The highest BCUT2D eigenvalue weighted by Gasteiger charge is 2.14. The molecule has 1 aliphatic heterocycles. The summed E-state index contributed by atoms with van der Waals surface area (Å²) in [7, 11) is 1.66. The summed E-state index contributed by atoms with van der Waals surface area (Å²) in [4.78, 5) is 19.1. The quantitative estimate of drug-likeness (QED) is 0.188. The number of aliphatic imine (C=N–C) groups is 1. The lowest BCUT2D eigenvalue weighted by atomic mass is 9.99. The molecule has 30 heavy (non-hydrogen) atoms. The van der Waals surface area contributed by atoms with Crippen molar-refractivity contribution >= 4 is 35.8 Å². The van der Waals surface area contributed by atoms with Gasteiger partial charge in [0.15, 0.2) is 5.96 Å². The normalized spacial score (nSPS) is 15.4. The summed E-state index contributed by atoms with van der Waals surface area (Å²) in [6.07, 6.45) is 5.88. The molecule has 3 N–H and O–H groups in total. The van der Waals surface area contributed by atoms with Gasteiger partial charge in [0.25, 0.3) is 5.91 Å². The van der Waals surface area contributed by atoms with Gasteiger partial charge in [-0.15, -0.1) is 24.0 Å². The third-order valence-electron chi connectivity index (χ3n) is 5.50. The van der Waals surface area contributed by atoms with Gasteiger partial charge in [0.2, 0.25) is 0 Å². The van der Waals surface area contributed by atoms with E-state index in [9.17, 15) is 4.79 Å². The number of carbonyl (C=O) groups excluding carboxylic acids is 1. The zero-order valence-electron chi connectivity index (χ0n) is 18.9. The van der Waals surface area contributed by atoms with Gasteiger partial charge in [-0.3, -0.25) is 9.79 Å². The lowest BCUT2D eigenvalue weighted by molar-refractivity contribution is 0.0963. The molecule has 0 aliphatic carbocycles. The Labute approximate surface area is 199 Å². The van der Waals surface area contributed by atoms with Crippen molar-refractivity contribution in [2.45, 2.75) is 46.0 Å². The van der Waals surface area contributed by atoms with Crippen LogP contribution in [0.3, 0.4) is 0 Å². The van der Waals surface area contributed by atoms with Crippen LogP contribution in [0.1, 0.15) is 55.5 Å². The molecule has 0 unspecified atom stereocenters. The van der Waals surface area contributed by atoms with Crippen molar-refractivity contribution < 1.29 is 4.79 Å². The Morgan fingerprint density at radius 1 is 1.20 bits per heavy atom. The van der Waals surface area contributed by atoms with E-state index in [1.54, 1.807) is 7.05 Å². The zero-order chi connectivity index (χ0) is 20.9. The number of halogens is 1. The van der Waals surface area contributed by atoms with Gasteiger partial charge in [0.1, 0.15) is 0 Å². The van der Waals surface area contributed by atoms with E-state index in [1.165, 1.54) is 38.9 Å². The molecule has 0 radical (unpaired) electrons. The Morgan fingerprint density at radius 3 is 2.67 bits per heavy atom. The monoisotopic (exact) mass is 529 g/mol. The minimum atomic E-state index is -0.0474. The van der Waals surface area contributed by atoms with Crippen LogP contribution in [-0.2, 0) is 6.42 Å². The molecule has 170 valence electrons. The first-order valence-corrected chi connectivity index (χ1v) is 11.2. The highest BCUT2D eigenvalue weighted by molar-refractivity contribution is 14.0. The fourth-order valence-electron chi connectivity index (χ4n) is 3.60. The summed E-state index contributed by atoms with van der Waals surface area (Å²) in [5, 5.41) is 9.39. The number of rotatable bonds is 10. The van der Waals surface area contributed by atoms with Gasteiger partial charge in [0, 0.05) is 32.2 Å². The van der Waals surface area contributed by atoms with Crippen molar-refractivity contribution in [1.82, 2.24) is 20.9 Å². The fourth-order valence-corrected chi connectivity index (χ4v) is 3.60. The molecule has 6 nitrogen and oxygen atoms in total. The van der Waals surface area contributed by atoms with Crippen molar-refractivity contribution in [1.29, 1.82) is 0 Å². The number of piperidine rings is 1. The predicted molar refractivity (Wildman–Crippen MR) is 137 cm³/mol. The Bertz CT molecular complexity index is 644. The average molecular weight is 530 g/mol. The Balaban J connectivity index is 0.00000450. The van der Waals surface area contributed by atoms with Gasteiger partial charge in [-0.25, -0.2) is 0 Å². The summed E-state index contributed by atoms with van der Waals surface area (Å²) < 4.78 is 0. The molecule has 2 rings (SSSR count). The summed E-state index contributed by atoms with van der Waals surface area (Å²) >= 11 is 0. The smallest absolute Gasteiger partial charge is 0.251 e. The molecule has 1 aromatic carbocycles. The highest BCUT2D eigenvalue weighted by atomic mass is 127. The standard InChI is InChI=1S/C23H39N5O.HI/c1-4-25-23(26-13-5-6-15-28-16-11-19(2)12-17-28)27-14-10-20-8-7-9-21(18-20)22(29)24-3;/h7-9,18-19H,4-6,10-17H2,1-3H3,(H,24,29)(H2,25,26,27);1H. The molecular formula is C23H40IN5O. The van der Waals surface area contributed by atoms with Crippen molar-refractivity contribution in [3.8, 4) is 0 Å². The molecule has 0 aromatic heterocycles. The fraction of sp³-hybridized carbons (Fsp3) is 0.652. The van der Waals surface area contributed by atoms with Crippen LogP contribution in [0.25, 0.3) is 0 Å². The second-order valence-corrected chi connectivity index (χ2v) is 7.95. The van der Waals surface area contributed by atoms with Crippen LogP contribution in [0, 0.1) is 5.92 Å². The number of hydrogen-bond acceptors (Lipinski definition) is 3. The van der Waals surface area contributed by atoms with Crippen LogP contribution in [0.5, 0.6) is 0 Å². The van der Waals surface area contributed by atoms with Gasteiger partial charge in [-0.05, 0) is 82.3 Å². The number of nitrogens with zero attached hydrogens (tertiary/aromatic N) is 2. The number of hydrogen-bond donors (Lipinski definition) is 3. The predicted octanol–water partition coefficient (Wildman–Crippen LogP) is 3.27. The topological polar surface area (TPSA) is 68.8 Å². The van der Waals surface area contributed by atoms with Crippen molar-refractivity contribution in [3.63, 3.8) is 0 Å². The van der Waals surface area contributed by atoms with Crippen LogP contribution >= 0.6 is 24.0 Å². The van der Waals surface area contributed by atoms with Gasteiger partial charge >= 0.3 is 0 Å². The maximum absolute atomic E-state index is 11.8. The molecule has 1 aromatic rings. The third-order valence-corrected chi connectivity index (χ3v) is 5.50. The van der Waals surface area contributed by atoms with Gasteiger partial charge in [-0.2, -0.15) is 0 Å². The highest BCUT2D eigenvalue weighted by Crippen LogP contribution is 2.16. The zero-order valence-corrected chi connectivity index (χ0v) is 21.2. The van der Waals surface area contributed by atoms with Crippen molar-refractivity contribution in [3.05, 3.63) is 35.4 Å². The molecule has 1 saturated heterocycles. The van der Waals surface area contributed by atoms with E-state index in [0.29, 0.717) is 5.56 Å². The number of guanidine groups is 1. The molecule has 0 spiro atoms. The number of carbonyl (C=O) groups is 1. The first kappa shape index (κ1) is 26.7. The van der Waals surface area contributed by atoms with Crippen molar-refractivity contribution in [2.75, 3.05) is 46.3 Å². The first-order chi connectivity index (χ1) is 14.1. The molecule has 0 bridgehead atoms. The van der Waals surface area contributed by atoms with Crippen LogP contribution in [0.15, 0.2) is 29.3 Å². The lowest BCUT2D eigenvalue weighted by Gasteiger charge is -2.30. The third kappa shape index (κ3) is 10.1. The molecule has 1 amide bonds. The number of likely N-dealkylation sites (tertiary alicyclic amines) is 1. The van der Waals surface area contributed by atoms with E-state index in [1.807, 2.05) is 18.2 Å². The molecule has 7 heteroatoms. The van der Waals surface area contributed by atoms with E-state index < -0.39 is 0 Å². The Kier molecular flexibility index (Phi) is 13.7. The van der Waals surface area contributed by atoms with E-state index >= 15 is 0 Å². The minimum Gasteiger partial charge on any atom is -0.357 e. The minimum absolute atomic E-state index is 0. The van der Waals surface area contributed by atoms with Crippen molar-refractivity contribution in [2.24, 2.45) is 10.9 Å². The van der Waals surface area contributed by atoms with Gasteiger partial charge in [0.05, 0.1) is 0 Å². The van der Waals surface area contributed by atoms with Crippen LogP contribution in [-0.4, -0.2) is 63.1 Å². The maximum atomic E-state index is 11.8. The van der Waals surface area contributed by atoms with Crippen LogP contribution in [0.4, 0.5) is 0 Å². The largest absolute Gasteiger partial charge is 0.357 e. The Morgan fingerprint density at radius 2 is 1.97 bits per heavy atom. The SMILES string of the molecule is CCNC(=NCCCCN1CCC(C)CC1)NCCc1cccc(C(=O)NC)c1.I. The maximum Gasteiger partial charge on any atom is 0.251 e. The first-order valence-electron chi connectivity index (χ1n) is 11.2. The Hall–Kier alpha value is -1.35. The molecule has 0 atom stereocenters. The lowest BCUT2D eigenvalue weighted by Crippen LogP contribution is -2.38. The summed E-state index contributed by atoms with van der Waals surface area (Å²) in [6.45, 7) is 10.7.